The van der Waals surface area contributed by atoms with Crippen molar-refractivity contribution in [2.45, 2.75) is 4.90 Å². The summed E-state index contributed by atoms with van der Waals surface area (Å²) in [4.78, 5) is 0.135. The Morgan fingerprint density at radius 1 is 0.808 bits per heavy atom. The Balaban J connectivity index is 1.50. The fourth-order valence-corrected chi connectivity index (χ4v) is 3.54. The maximum Gasteiger partial charge on any atom is 0.261 e. The van der Waals surface area contributed by atoms with Crippen LogP contribution >= 0.6 is 0 Å². The molecule has 0 saturated heterocycles. The first-order chi connectivity index (χ1) is 12.6. The molecule has 3 aromatic rings. The van der Waals surface area contributed by atoms with Crippen molar-refractivity contribution in [1.82, 2.24) is 0 Å². The Kier molecular flexibility index (Phi) is 4.14. The lowest BCUT2D eigenvalue weighted by Gasteiger charge is -2.10. The average Bonchev–Trinajstić information content (AvgIpc) is 3.10. The van der Waals surface area contributed by atoms with Gasteiger partial charge >= 0.3 is 0 Å². The number of nitrogens with one attached hydrogen (secondary N) is 1. The number of para-hydroxylation sites is 1. The van der Waals surface area contributed by atoms with Crippen LogP contribution < -0.4 is 18.9 Å². The van der Waals surface area contributed by atoms with E-state index in [4.69, 9.17) is 14.2 Å². The Hall–Kier alpha value is -3.19. The molecule has 4 rings (SSSR count). The van der Waals surface area contributed by atoms with Crippen molar-refractivity contribution in [2.75, 3.05) is 11.5 Å². The van der Waals surface area contributed by atoms with Crippen LogP contribution in [0.15, 0.2) is 77.7 Å². The van der Waals surface area contributed by atoms with E-state index in [1.165, 1.54) is 12.1 Å². The van der Waals surface area contributed by atoms with Gasteiger partial charge in [-0.25, -0.2) is 8.42 Å². The molecule has 132 valence electrons. The molecule has 0 unspecified atom stereocenters. The van der Waals surface area contributed by atoms with E-state index >= 15 is 0 Å². The smallest absolute Gasteiger partial charge is 0.261 e. The van der Waals surface area contributed by atoms with Crippen molar-refractivity contribution in [2.24, 2.45) is 0 Å². The first kappa shape index (κ1) is 16.3. The summed E-state index contributed by atoms with van der Waals surface area (Å²) in [6.45, 7) is 0.133. The molecular formula is C19H15NO5S. The second-order valence-electron chi connectivity index (χ2n) is 5.56. The lowest BCUT2D eigenvalue weighted by Crippen LogP contribution is -2.12. The van der Waals surface area contributed by atoms with Crippen molar-refractivity contribution in [1.29, 1.82) is 0 Å². The highest BCUT2D eigenvalue weighted by atomic mass is 32.2. The van der Waals surface area contributed by atoms with Crippen LogP contribution in [0.3, 0.4) is 0 Å². The van der Waals surface area contributed by atoms with Gasteiger partial charge in [-0.15, -0.1) is 0 Å². The second kappa shape index (κ2) is 6.61. The van der Waals surface area contributed by atoms with Crippen LogP contribution in [-0.4, -0.2) is 15.2 Å². The van der Waals surface area contributed by atoms with E-state index in [2.05, 4.69) is 4.72 Å². The summed E-state index contributed by atoms with van der Waals surface area (Å²) in [6, 6.07) is 20.4. The average molecular weight is 369 g/mol. The molecule has 1 aliphatic heterocycles. The van der Waals surface area contributed by atoms with Gasteiger partial charge in [-0.3, -0.25) is 4.72 Å². The van der Waals surface area contributed by atoms with E-state index in [0.717, 1.165) is 0 Å². The van der Waals surface area contributed by atoms with Crippen LogP contribution in [0.4, 0.5) is 5.69 Å². The van der Waals surface area contributed by atoms with Gasteiger partial charge in [0.1, 0.15) is 11.5 Å². The van der Waals surface area contributed by atoms with Crippen molar-refractivity contribution in [3.8, 4) is 23.0 Å². The topological polar surface area (TPSA) is 73.9 Å². The fraction of sp³-hybridized carbons (Fsp3) is 0.0526. The molecule has 1 aliphatic rings. The molecule has 6 nitrogen and oxygen atoms in total. The monoisotopic (exact) mass is 369 g/mol. The number of benzene rings is 3. The third-order valence-electron chi connectivity index (χ3n) is 3.74. The zero-order chi connectivity index (χ0) is 18.0. The van der Waals surface area contributed by atoms with Crippen molar-refractivity contribution >= 4 is 15.7 Å². The van der Waals surface area contributed by atoms with Crippen LogP contribution in [0.2, 0.25) is 0 Å². The fourth-order valence-electron chi connectivity index (χ4n) is 2.49. The van der Waals surface area contributed by atoms with Gasteiger partial charge in [0.05, 0.1) is 10.6 Å². The Bertz CT molecular complexity index is 1020. The first-order valence-electron chi connectivity index (χ1n) is 7.86. The molecule has 0 aromatic heterocycles. The van der Waals surface area contributed by atoms with Gasteiger partial charge in [0, 0.05) is 6.07 Å². The summed E-state index contributed by atoms with van der Waals surface area (Å²) in [5.74, 6) is 2.34. The van der Waals surface area contributed by atoms with E-state index < -0.39 is 10.0 Å². The van der Waals surface area contributed by atoms with Crippen LogP contribution in [0, 0.1) is 0 Å². The van der Waals surface area contributed by atoms with E-state index in [1.54, 1.807) is 30.3 Å². The number of rotatable bonds is 5. The number of ether oxygens (including phenoxy) is 3. The molecule has 7 heteroatoms. The summed E-state index contributed by atoms with van der Waals surface area (Å²) in [5.41, 5.74) is 0.402. The Morgan fingerprint density at radius 2 is 1.50 bits per heavy atom. The van der Waals surface area contributed by atoms with Crippen molar-refractivity contribution < 1.29 is 22.6 Å². The van der Waals surface area contributed by atoms with Crippen molar-refractivity contribution in [3.05, 3.63) is 72.8 Å². The maximum atomic E-state index is 12.5. The van der Waals surface area contributed by atoms with E-state index in [-0.39, 0.29) is 11.7 Å². The summed E-state index contributed by atoms with van der Waals surface area (Å²) in [7, 11) is -3.72. The molecule has 0 atom stereocenters. The summed E-state index contributed by atoms with van der Waals surface area (Å²) in [5, 5.41) is 0. The Labute approximate surface area is 151 Å². The Morgan fingerprint density at radius 3 is 2.27 bits per heavy atom. The van der Waals surface area contributed by atoms with Crippen LogP contribution in [-0.2, 0) is 10.0 Å². The summed E-state index contributed by atoms with van der Waals surface area (Å²) < 4.78 is 43.8. The molecule has 0 aliphatic carbocycles. The minimum absolute atomic E-state index is 0.133. The predicted octanol–water partition coefficient (Wildman–Crippen LogP) is 4.01. The predicted molar refractivity (Wildman–Crippen MR) is 96.3 cm³/mol. The highest BCUT2D eigenvalue weighted by molar-refractivity contribution is 7.92. The molecule has 3 aromatic carbocycles. The summed E-state index contributed by atoms with van der Waals surface area (Å²) >= 11 is 0. The highest BCUT2D eigenvalue weighted by Gasteiger charge is 2.18. The molecule has 0 radical (unpaired) electrons. The normalized spacial score (nSPS) is 12.6. The molecule has 1 N–H and O–H groups in total. The van der Waals surface area contributed by atoms with E-state index in [1.807, 2.05) is 30.3 Å². The molecule has 0 saturated carbocycles. The van der Waals surface area contributed by atoms with Gasteiger partial charge in [-0.05, 0) is 48.5 Å². The molecule has 0 amide bonds. The summed E-state index contributed by atoms with van der Waals surface area (Å²) in [6.07, 6.45) is 0. The van der Waals surface area contributed by atoms with Gasteiger partial charge < -0.3 is 14.2 Å². The third kappa shape index (κ3) is 3.43. The zero-order valence-electron chi connectivity index (χ0n) is 13.6. The van der Waals surface area contributed by atoms with Crippen LogP contribution in [0.1, 0.15) is 0 Å². The molecule has 0 bridgehead atoms. The quantitative estimate of drug-likeness (QED) is 0.736. The largest absolute Gasteiger partial charge is 0.457 e. The zero-order valence-corrected chi connectivity index (χ0v) is 14.4. The molecular weight excluding hydrogens is 354 g/mol. The minimum Gasteiger partial charge on any atom is -0.457 e. The standard InChI is InChI=1S/C19H15NO5S/c21-26(22,20-14-6-11-18-19(12-14)24-13-23-18)17-9-7-16(8-10-17)25-15-4-2-1-3-5-15/h1-12,20H,13H2. The molecule has 0 fully saturated rings. The highest BCUT2D eigenvalue weighted by Crippen LogP contribution is 2.35. The third-order valence-corrected chi connectivity index (χ3v) is 5.13. The van der Waals surface area contributed by atoms with Gasteiger partial charge in [0.2, 0.25) is 6.79 Å². The number of fused-ring (bicyclic) bond motifs is 1. The number of anilines is 1. The van der Waals surface area contributed by atoms with Crippen molar-refractivity contribution in [3.63, 3.8) is 0 Å². The SMILES string of the molecule is O=S(=O)(Nc1ccc2c(c1)OCO2)c1ccc(Oc2ccccc2)cc1. The van der Waals surface area contributed by atoms with Gasteiger partial charge in [-0.2, -0.15) is 0 Å². The van der Waals surface area contributed by atoms with Crippen LogP contribution in [0.5, 0.6) is 23.0 Å². The number of sulfonamides is 1. The number of hydrogen-bond acceptors (Lipinski definition) is 5. The maximum absolute atomic E-state index is 12.5. The van der Waals surface area contributed by atoms with E-state index in [9.17, 15) is 8.42 Å². The lowest BCUT2D eigenvalue weighted by atomic mass is 10.3. The minimum atomic E-state index is -3.72. The molecule has 26 heavy (non-hydrogen) atoms. The van der Waals surface area contributed by atoms with Crippen LogP contribution in [0.25, 0.3) is 0 Å². The van der Waals surface area contributed by atoms with E-state index in [0.29, 0.717) is 28.7 Å². The first-order valence-corrected chi connectivity index (χ1v) is 9.34. The molecule has 0 spiro atoms. The van der Waals surface area contributed by atoms with Gasteiger partial charge in [0.25, 0.3) is 10.0 Å². The lowest BCUT2D eigenvalue weighted by molar-refractivity contribution is 0.174. The molecule has 1 heterocycles. The van der Waals surface area contributed by atoms with Gasteiger partial charge in [0.15, 0.2) is 11.5 Å². The van der Waals surface area contributed by atoms with Gasteiger partial charge in [-0.1, -0.05) is 18.2 Å². The number of hydrogen-bond donors (Lipinski definition) is 1. The second-order valence-corrected chi connectivity index (χ2v) is 7.24.